The second-order valence-electron chi connectivity index (χ2n) is 6.15. The van der Waals surface area contributed by atoms with Crippen LogP contribution in [0.1, 0.15) is 11.3 Å². The molecule has 2 aromatic heterocycles. The molecule has 0 saturated heterocycles. The Balaban J connectivity index is 2.13. The summed E-state index contributed by atoms with van der Waals surface area (Å²) in [5.74, 6) is 0.875. The summed E-state index contributed by atoms with van der Waals surface area (Å²) in [6.45, 7) is 4.29. The van der Waals surface area contributed by atoms with E-state index in [1.165, 1.54) is 27.7 Å². The number of pyridine rings is 1. The van der Waals surface area contributed by atoms with Crippen molar-refractivity contribution < 1.29 is 13.6 Å². The van der Waals surface area contributed by atoms with Crippen molar-refractivity contribution in [2.75, 3.05) is 0 Å². The Bertz CT molecular complexity index is 1050. The molecule has 4 aromatic rings. The molecule has 3 nitrogen and oxygen atoms in total. The van der Waals surface area contributed by atoms with Gasteiger partial charge in [0.2, 0.25) is 11.9 Å². The SMILES string of the molecule is Cc1c(-[n+]2ccccc2C)cc2ccccc2c1-c1occ[n+]1C. The number of rotatable bonds is 2. The van der Waals surface area contributed by atoms with Crippen LogP contribution < -0.4 is 9.13 Å². The van der Waals surface area contributed by atoms with Gasteiger partial charge in [-0.1, -0.05) is 30.3 Å². The molecule has 0 N–H and O–H groups in total. The standard InChI is InChI=1S/C21H20N2O/c1-15-8-6-7-11-23(15)19-14-17-9-4-5-10-18(17)20(16(19)2)21-22(3)12-13-24-21/h4-14H,1-3H3/q+2. The van der Waals surface area contributed by atoms with Crippen LogP contribution in [0.25, 0.3) is 27.9 Å². The number of nitrogens with zero attached hydrogens (tertiary/aromatic N) is 2. The summed E-state index contributed by atoms with van der Waals surface area (Å²) in [7, 11) is 2.01. The van der Waals surface area contributed by atoms with Crippen LogP contribution >= 0.6 is 0 Å². The van der Waals surface area contributed by atoms with Gasteiger partial charge < -0.3 is 4.42 Å². The topological polar surface area (TPSA) is 20.9 Å². The number of hydrogen-bond acceptors (Lipinski definition) is 1. The van der Waals surface area contributed by atoms with Crippen LogP contribution in [0.5, 0.6) is 0 Å². The van der Waals surface area contributed by atoms with E-state index in [-0.39, 0.29) is 0 Å². The zero-order valence-corrected chi connectivity index (χ0v) is 14.2. The van der Waals surface area contributed by atoms with Crippen LogP contribution in [-0.4, -0.2) is 0 Å². The fourth-order valence-corrected chi connectivity index (χ4v) is 3.33. The maximum Gasteiger partial charge on any atom is 0.381 e. The Morgan fingerprint density at radius 2 is 1.71 bits per heavy atom. The predicted molar refractivity (Wildman–Crippen MR) is 93.8 cm³/mol. The quantitative estimate of drug-likeness (QED) is 0.515. The summed E-state index contributed by atoms with van der Waals surface area (Å²) in [6, 6.07) is 17.0. The molecule has 24 heavy (non-hydrogen) atoms. The van der Waals surface area contributed by atoms with Crippen molar-refractivity contribution >= 4 is 10.8 Å². The summed E-state index contributed by atoms with van der Waals surface area (Å²) < 4.78 is 10.1. The lowest BCUT2D eigenvalue weighted by atomic mass is 9.97. The van der Waals surface area contributed by atoms with Gasteiger partial charge in [-0.2, -0.15) is 9.13 Å². The van der Waals surface area contributed by atoms with Crippen LogP contribution in [0.3, 0.4) is 0 Å². The number of aryl methyl sites for hydroxylation is 2. The van der Waals surface area contributed by atoms with Crippen molar-refractivity contribution in [1.82, 2.24) is 0 Å². The Hall–Kier alpha value is -2.94. The third-order valence-corrected chi connectivity index (χ3v) is 4.60. The second-order valence-corrected chi connectivity index (χ2v) is 6.15. The van der Waals surface area contributed by atoms with Crippen molar-refractivity contribution in [3.63, 3.8) is 0 Å². The van der Waals surface area contributed by atoms with E-state index in [0.717, 1.165) is 11.5 Å². The molecule has 0 unspecified atom stereocenters. The van der Waals surface area contributed by atoms with Crippen LogP contribution in [0, 0.1) is 13.8 Å². The number of aromatic nitrogens is 2. The molecule has 2 heterocycles. The summed E-state index contributed by atoms with van der Waals surface area (Å²) in [4.78, 5) is 0. The van der Waals surface area contributed by atoms with Crippen molar-refractivity contribution in [1.29, 1.82) is 0 Å². The summed E-state index contributed by atoms with van der Waals surface area (Å²) >= 11 is 0. The summed E-state index contributed by atoms with van der Waals surface area (Å²) in [5, 5.41) is 2.42. The van der Waals surface area contributed by atoms with Gasteiger partial charge in [0.05, 0.1) is 0 Å². The first-order valence-electron chi connectivity index (χ1n) is 8.10. The molecule has 0 spiro atoms. The van der Waals surface area contributed by atoms with Gasteiger partial charge in [-0.05, 0) is 17.7 Å². The summed E-state index contributed by atoms with van der Waals surface area (Å²) in [5.41, 5.74) is 4.73. The molecule has 0 saturated carbocycles. The van der Waals surface area contributed by atoms with Crippen LogP contribution in [0.4, 0.5) is 0 Å². The molecule has 0 fully saturated rings. The highest BCUT2D eigenvalue weighted by Gasteiger charge is 2.25. The average Bonchev–Trinajstić information content (AvgIpc) is 3.01. The molecule has 0 aliphatic carbocycles. The van der Waals surface area contributed by atoms with Gasteiger partial charge in [0.25, 0.3) is 0 Å². The highest BCUT2D eigenvalue weighted by atomic mass is 16.3. The maximum atomic E-state index is 5.81. The van der Waals surface area contributed by atoms with E-state index in [0.29, 0.717) is 0 Å². The lowest BCUT2D eigenvalue weighted by Gasteiger charge is -2.09. The molecular formula is C21H20N2O+2. The van der Waals surface area contributed by atoms with Crippen LogP contribution in [0.15, 0.2) is 71.6 Å². The monoisotopic (exact) mass is 316 g/mol. The first kappa shape index (κ1) is 14.6. The molecule has 0 aliphatic rings. The van der Waals surface area contributed by atoms with E-state index in [9.17, 15) is 0 Å². The Morgan fingerprint density at radius 1 is 0.917 bits per heavy atom. The van der Waals surface area contributed by atoms with Gasteiger partial charge in [-0.25, -0.2) is 0 Å². The van der Waals surface area contributed by atoms with E-state index in [1.54, 1.807) is 6.26 Å². The molecule has 118 valence electrons. The van der Waals surface area contributed by atoms with Gasteiger partial charge in [0, 0.05) is 30.7 Å². The average molecular weight is 316 g/mol. The van der Waals surface area contributed by atoms with E-state index in [1.807, 2.05) is 17.8 Å². The molecule has 0 radical (unpaired) electrons. The highest BCUT2D eigenvalue weighted by Crippen LogP contribution is 2.33. The van der Waals surface area contributed by atoms with Gasteiger partial charge in [0.1, 0.15) is 12.6 Å². The molecule has 0 bridgehead atoms. The van der Waals surface area contributed by atoms with Crippen LogP contribution in [-0.2, 0) is 7.05 Å². The number of oxazole rings is 1. The second kappa shape index (κ2) is 5.60. The smallest absolute Gasteiger partial charge is 0.381 e. The number of hydrogen-bond donors (Lipinski definition) is 0. The minimum atomic E-state index is 0.875. The van der Waals surface area contributed by atoms with E-state index >= 15 is 0 Å². The number of benzene rings is 2. The Kier molecular flexibility index (Phi) is 3.42. The first-order valence-corrected chi connectivity index (χ1v) is 8.10. The Morgan fingerprint density at radius 3 is 2.46 bits per heavy atom. The van der Waals surface area contributed by atoms with Gasteiger partial charge in [-0.3, -0.25) is 0 Å². The molecule has 4 rings (SSSR count). The number of fused-ring (bicyclic) bond motifs is 1. The van der Waals surface area contributed by atoms with Crippen molar-refractivity contribution in [2.45, 2.75) is 13.8 Å². The molecular weight excluding hydrogens is 296 g/mol. The van der Waals surface area contributed by atoms with Crippen molar-refractivity contribution in [3.05, 3.63) is 78.4 Å². The molecule has 0 aliphatic heterocycles. The van der Waals surface area contributed by atoms with E-state index < -0.39 is 0 Å². The molecule has 0 atom stereocenters. The lowest BCUT2D eigenvalue weighted by molar-refractivity contribution is -0.662. The van der Waals surface area contributed by atoms with Crippen molar-refractivity contribution in [2.24, 2.45) is 7.05 Å². The maximum absolute atomic E-state index is 5.81. The van der Waals surface area contributed by atoms with E-state index in [4.69, 9.17) is 4.42 Å². The molecule has 2 aromatic carbocycles. The lowest BCUT2D eigenvalue weighted by Crippen LogP contribution is -2.35. The third kappa shape index (κ3) is 2.21. The summed E-state index contributed by atoms with van der Waals surface area (Å²) in [6.07, 6.45) is 5.78. The minimum Gasteiger partial charge on any atom is -0.406 e. The normalized spacial score (nSPS) is 11.1. The first-order chi connectivity index (χ1) is 11.7. The van der Waals surface area contributed by atoms with Crippen molar-refractivity contribution in [3.8, 4) is 17.1 Å². The van der Waals surface area contributed by atoms with Gasteiger partial charge in [0.15, 0.2) is 18.2 Å². The molecule has 0 amide bonds. The van der Waals surface area contributed by atoms with E-state index in [2.05, 4.69) is 73.1 Å². The van der Waals surface area contributed by atoms with Gasteiger partial charge >= 0.3 is 5.89 Å². The highest BCUT2D eigenvalue weighted by molar-refractivity contribution is 5.97. The zero-order chi connectivity index (χ0) is 16.7. The molecule has 3 heteroatoms. The minimum absolute atomic E-state index is 0.875. The third-order valence-electron chi connectivity index (χ3n) is 4.60. The largest absolute Gasteiger partial charge is 0.406 e. The zero-order valence-electron chi connectivity index (χ0n) is 14.2. The fourth-order valence-electron chi connectivity index (χ4n) is 3.33. The fraction of sp³-hybridized carbons (Fsp3) is 0.143. The Labute approximate surface area is 141 Å². The predicted octanol–water partition coefficient (Wildman–Crippen LogP) is 3.82. The van der Waals surface area contributed by atoms with Gasteiger partial charge in [-0.15, -0.1) is 0 Å². The van der Waals surface area contributed by atoms with Crippen LogP contribution in [0.2, 0.25) is 0 Å².